The minimum absolute atomic E-state index is 0.0277. The number of benzene rings is 4. The molecule has 2 N–H and O–H groups in total. The molecule has 2 amide bonds. The zero-order valence-electron chi connectivity index (χ0n) is 32.8. The van der Waals surface area contributed by atoms with Crippen LogP contribution in [0.25, 0.3) is 0 Å². The zero-order chi connectivity index (χ0) is 40.6. The molecule has 0 bridgehead atoms. The van der Waals surface area contributed by atoms with Crippen LogP contribution in [0.1, 0.15) is 68.7 Å². The van der Waals surface area contributed by atoms with Gasteiger partial charge in [0.25, 0.3) is 5.91 Å². The van der Waals surface area contributed by atoms with Gasteiger partial charge in [0.15, 0.2) is 0 Å². The molecule has 3 atom stereocenters. The van der Waals surface area contributed by atoms with E-state index in [-0.39, 0.29) is 32.8 Å². The van der Waals surface area contributed by atoms with Crippen molar-refractivity contribution in [1.29, 1.82) is 0 Å². The van der Waals surface area contributed by atoms with Crippen LogP contribution in [0.4, 0.5) is 4.79 Å². The van der Waals surface area contributed by atoms with Crippen LogP contribution in [0.3, 0.4) is 0 Å². The summed E-state index contributed by atoms with van der Waals surface area (Å²) in [5, 5.41) is 5.31. The number of aryl methyl sites for hydroxylation is 1. The van der Waals surface area contributed by atoms with Gasteiger partial charge in [-0.25, -0.2) is 19.4 Å². The first-order chi connectivity index (χ1) is 27.5. The number of amides is 2. The first-order valence-corrected chi connectivity index (χ1v) is 20.1. The molecule has 0 saturated heterocycles. The lowest BCUT2D eigenvalue weighted by Gasteiger charge is -2.30. The van der Waals surface area contributed by atoms with Gasteiger partial charge in [-0.1, -0.05) is 154 Å². The van der Waals surface area contributed by atoms with Gasteiger partial charge in [-0.3, -0.25) is 9.69 Å². The highest BCUT2D eigenvalue weighted by Crippen LogP contribution is 2.36. The van der Waals surface area contributed by atoms with E-state index in [2.05, 4.69) is 5.10 Å². The molecule has 4 aromatic rings. The SMILES string of the molecule is CC(C)(C)C1=NN(C(=O)[C@@H](N)CCCCN(C(=O)OCc2ccccc2)[C@@H](CCc2ccccc2)C(=O)OCc2ccccc2)[C@@H](C(=O)OCc2ccccc2)S1. The van der Waals surface area contributed by atoms with E-state index in [1.807, 2.05) is 142 Å². The van der Waals surface area contributed by atoms with Crippen molar-refractivity contribution in [1.82, 2.24) is 9.91 Å². The van der Waals surface area contributed by atoms with Crippen molar-refractivity contribution < 1.29 is 33.4 Å². The number of carbonyl (C=O) groups excluding carboxylic acids is 4. The van der Waals surface area contributed by atoms with E-state index in [0.717, 1.165) is 27.3 Å². The molecule has 11 nitrogen and oxygen atoms in total. The first-order valence-electron chi connectivity index (χ1n) is 19.3. The van der Waals surface area contributed by atoms with Crippen molar-refractivity contribution in [3.8, 4) is 0 Å². The summed E-state index contributed by atoms with van der Waals surface area (Å²) >= 11 is 1.19. The molecule has 0 fully saturated rings. The van der Waals surface area contributed by atoms with Crippen molar-refractivity contribution in [3.05, 3.63) is 144 Å². The van der Waals surface area contributed by atoms with E-state index in [9.17, 15) is 19.2 Å². The minimum atomic E-state index is -1.01. The Labute approximate surface area is 339 Å². The number of esters is 2. The molecule has 4 aromatic carbocycles. The van der Waals surface area contributed by atoms with Crippen LogP contribution in [0.2, 0.25) is 0 Å². The van der Waals surface area contributed by atoms with E-state index in [1.165, 1.54) is 16.7 Å². The summed E-state index contributed by atoms with van der Waals surface area (Å²) < 4.78 is 17.2. The highest BCUT2D eigenvalue weighted by Gasteiger charge is 2.43. The van der Waals surface area contributed by atoms with Crippen LogP contribution in [-0.2, 0) is 54.8 Å². The highest BCUT2D eigenvalue weighted by atomic mass is 32.2. The Kier molecular flexibility index (Phi) is 15.9. The summed E-state index contributed by atoms with van der Waals surface area (Å²) in [6, 6.07) is 35.8. The van der Waals surface area contributed by atoms with Gasteiger partial charge in [0.05, 0.1) is 6.04 Å². The van der Waals surface area contributed by atoms with E-state index in [0.29, 0.717) is 30.7 Å². The lowest BCUT2D eigenvalue weighted by atomic mass is 9.99. The Morgan fingerprint density at radius 2 is 1.19 bits per heavy atom. The second kappa shape index (κ2) is 21.2. The lowest BCUT2D eigenvalue weighted by molar-refractivity contribution is -0.152. The number of thioether (sulfide) groups is 1. The first kappa shape index (κ1) is 42.7. The average Bonchev–Trinajstić information content (AvgIpc) is 3.70. The van der Waals surface area contributed by atoms with Gasteiger partial charge in [0.1, 0.15) is 30.9 Å². The van der Waals surface area contributed by atoms with Gasteiger partial charge in [0.2, 0.25) is 5.37 Å². The third kappa shape index (κ3) is 13.0. The van der Waals surface area contributed by atoms with Crippen molar-refractivity contribution in [3.63, 3.8) is 0 Å². The number of hydrogen-bond acceptors (Lipinski definition) is 10. The molecule has 1 heterocycles. The smallest absolute Gasteiger partial charge is 0.410 e. The van der Waals surface area contributed by atoms with Crippen molar-refractivity contribution >= 4 is 40.7 Å². The largest absolute Gasteiger partial charge is 0.459 e. The Hall–Kier alpha value is -5.46. The molecule has 0 spiro atoms. The second-order valence-electron chi connectivity index (χ2n) is 14.9. The number of rotatable bonds is 18. The highest BCUT2D eigenvalue weighted by molar-refractivity contribution is 8.15. The molecule has 1 aliphatic heterocycles. The molecule has 0 aliphatic carbocycles. The minimum Gasteiger partial charge on any atom is -0.459 e. The number of nitrogens with two attached hydrogens (primary N) is 1. The summed E-state index contributed by atoms with van der Waals surface area (Å²) in [6.45, 7) is 6.17. The van der Waals surface area contributed by atoms with Crippen molar-refractivity contribution in [2.75, 3.05) is 6.54 Å². The number of hydrazone groups is 1. The van der Waals surface area contributed by atoms with Gasteiger partial charge in [0, 0.05) is 12.0 Å². The number of ether oxygens (including phenoxy) is 3. The zero-order valence-corrected chi connectivity index (χ0v) is 33.6. The Balaban J connectivity index is 1.27. The number of carbonyl (C=O) groups is 4. The van der Waals surface area contributed by atoms with E-state index in [1.54, 1.807) is 0 Å². The summed E-state index contributed by atoms with van der Waals surface area (Å²) in [6.07, 6.45) is 1.25. The molecular weight excluding hydrogens is 741 g/mol. The van der Waals surface area contributed by atoms with Crippen molar-refractivity contribution in [2.45, 2.75) is 90.2 Å². The number of unbranched alkanes of at least 4 members (excludes halogenated alkanes) is 1. The summed E-state index contributed by atoms with van der Waals surface area (Å²) in [5.74, 6) is -1.63. The van der Waals surface area contributed by atoms with E-state index < -0.39 is 46.8 Å². The topological polar surface area (TPSA) is 141 Å². The maximum atomic E-state index is 13.9. The number of nitrogens with zero attached hydrogens (tertiary/aromatic N) is 3. The maximum absolute atomic E-state index is 13.9. The Bertz CT molecular complexity index is 1930. The summed E-state index contributed by atoms with van der Waals surface area (Å²) in [5.41, 5.74) is 9.54. The predicted octanol–water partition coefficient (Wildman–Crippen LogP) is 7.87. The van der Waals surface area contributed by atoms with Gasteiger partial charge in [-0.15, -0.1) is 0 Å². The van der Waals surface area contributed by atoms with E-state index >= 15 is 0 Å². The third-order valence-corrected chi connectivity index (χ3v) is 10.8. The molecule has 0 aromatic heterocycles. The molecule has 12 heteroatoms. The molecule has 300 valence electrons. The van der Waals surface area contributed by atoms with Crippen LogP contribution in [-0.4, -0.2) is 62.9 Å². The van der Waals surface area contributed by atoms with Crippen LogP contribution >= 0.6 is 11.8 Å². The average molecular weight is 793 g/mol. The Morgan fingerprint density at radius 3 is 1.72 bits per heavy atom. The summed E-state index contributed by atoms with van der Waals surface area (Å²) in [7, 11) is 0. The van der Waals surface area contributed by atoms with Crippen LogP contribution in [0, 0.1) is 5.41 Å². The fraction of sp³-hybridized carbons (Fsp3) is 0.356. The van der Waals surface area contributed by atoms with Gasteiger partial charge in [-0.05, 0) is 54.4 Å². The molecule has 57 heavy (non-hydrogen) atoms. The van der Waals surface area contributed by atoms with Gasteiger partial charge < -0.3 is 19.9 Å². The van der Waals surface area contributed by atoms with Gasteiger partial charge >= 0.3 is 18.0 Å². The second-order valence-corrected chi connectivity index (χ2v) is 15.9. The van der Waals surface area contributed by atoms with Gasteiger partial charge in [-0.2, -0.15) is 5.10 Å². The lowest BCUT2D eigenvalue weighted by Crippen LogP contribution is -2.47. The normalized spacial score (nSPS) is 14.9. The molecule has 1 aliphatic rings. The van der Waals surface area contributed by atoms with E-state index in [4.69, 9.17) is 19.9 Å². The maximum Gasteiger partial charge on any atom is 0.410 e. The Morgan fingerprint density at radius 1 is 0.702 bits per heavy atom. The predicted molar refractivity (Wildman–Crippen MR) is 221 cm³/mol. The van der Waals surface area contributed by atoms with Crippen LogP contribution in [0.15, 0.2) is 126 Å². The fourth-order valence-electron chi connectivity index (χ4n) is 6.06. The fourth-order valence-corrected chi connectivity index (χ4v) is 7.17. The van der Waals surface area contributed by atoms with Crippen molar-refractivity contribution in [2.24, 2.45) is 16.3 Å². The van der Waals surface area contributed by atoms with Crippen LogP contribution < -0.4 is 5.73 Å². The molecular formula is C45H52N4O7S. The molecule has 0 radical (unpaired) electrons. The number of hydrogen-bond donors (Lipinski definition) is 1. The third-order valence-electron chi connectivity index (χ3n) is 9.28. The quantitative estimate of drug-likeness (QED) is 0.0606. The standard InChI is InChI=1S/C45H52N4O7S/c1-45(2,3)43-47-49(40(57-43)42(52)55-31-35-22-12-6-13-23-35)39(50)37(46)26-16-17-29-48(44(53)56-32-36-24-14-7-15-25-36)38(28-27-33-18-8-4-9-19-33)41(51)54-30-34-20-10-5-11-21-34/h4-15,18-25,37-38,40H,16-17,26-32,46H2,1-3H3/t37-,38-,40+/m0/s1. The monoisotopic (exact) mass is 792 g/mol. The molecule has 0 saturated carbocycles. The molecule has 5 rings (SSSR count). The summed E-state index contributed by atoms with van der Waals surface area (Å²) in [4.78, 5) is 56.3. The molecule has 0 unspecified atom stereocenters. The van der Waals surface area contributed by atoms with Crippen LogP contribution in [0.5, 0.6) is 0 Å².